The average Bonchev–Trinajstić information content (AvgIpc) is 3.18. The smallest absolute Gasteiger partial charge is 0.416 e. The van der Waals surface area contributed by atoms with Crippen molar-refractivity contribution in [3.8, 4) is 5.75 Å². The SMILES string of the molecule is CC.CCCCC(CC(C)C)NC1=c2ccsc2=C(c2ccc(C(F)(F)F)cc2O)NCC1. The van der Waals surface area contributed by atoms with Gasteiger partial charge in [0.05, 0.1) is 15.8 Å². The molecule has 1 aliphatic rings. The molecule has 1 aromatic heterocycles. The number of hydrogen-bond donors (Lipinski definition) is 3. The van der Waals surface area contributed by atoms with Crippen LogP contribution in [0.5, 0.6) is 5.75 Å². The van der Waals surface area contributed by atoms with Gasteiger partial charge in [-0.3, -0.25) is 0 Å². The quantitative estimate of drug-likeness (QED) is 0.436. The second kappa shape index (κ2) is 12.4. The molecule has 33 heavy (non-hydrogen) atoms. The summed E-state index contributed by atoms with van der Waals surface area (Å²) in [6.07, 6.45) is 0.828. The summed E-state index contributed by atoms with van der Waals surface area (Å²) in [5.41, 5.74) is 1.38. The van der Waals surface area contributed by atoms with E-state index in [0.29, 0.717) is 29.8 Å². The molecular formula is C26H37F3N2OS. The van der Waals surface area contributed by atoms with Crippen LogP contribution in [0, 0.1) is 5.92 Å². The fourth-order valence-electron chi connectivity index (χ4n) is 4.07. The van der Waals surface area contributed by atoms with Gasteiger partial charge in [0, 0.05) is 35.5 Å². The molecular weight excluding hydrogens is 445 g/mol. The minimum atomic E-state index is -4.49. The average molecular weight is 483 g/mol. The molecule has 2 aromatic rings. The zero-order chi connectivity index (χ0) is 24.6. The van der Waals surface area contributed by atoms with E-state index in [0.717, 1.165) is 53.3 Å². The number of alkyl halides is 3. The molecule has 0 saturated carbocycles. The highest BCUT2D eigenvalue weighted by molar-refractivity contribution is 7.07. The zero-order valence-corrected chi connectivity index (χ0v) is 21.1. The number of phenolic OH excluding ortho intramolecular Hbond substituents is 1. The number of phenols is 1. The molecule has 0 spiro atoms. The van der Waals surface area contributed by atoms with Gasteiger partial charge in [-0.05, 0) is 48.4 Å². The van der Waals surface area contributed by atoms with Crippen LogP contribution in [0.2, 0.25) is 0 Å². The summed E-state index contributed by atoms with van der Waals surface area (Å²) in [7, 11) is 0. The van der Waals surface area contributed by atoms with E-state index < -0.39 is 11.7 Å². The maximum atomic E-state index is 13.0. The normalized spacial score (nSPS) is 14.7. The molecule has 0 radical (unpaired) electrons. The summed E-state index contributed by atoms with van der Waals surface area (Å²) in [5, 5.41) is 20.6. The molecule has 7 heteroatoms. The number of aromatic hydroxyl groups is 1. The lowest BCUT2D eigenvalue weighted by molar-refractivity contribution is -0.137. The maximum absolute atomic E-state index is 13.0. The van der Waals surface area contributed by atoms with Gasteiger partial charge in [-0.1, -0.05) is 47.5 Å². The first kappa shape index (κ1) is 27.1. The van der Waals surface area contributed by atoms with Crippen molar-refractivity contribution < 1.29 is 18.3 Å². The van der Waals surface area contributed by atoms with E-state index in [2.05, 4.69) is 37.5 Å². The number of thiophene rings is 1. The number of hydrogen-bond acceptors (Lipinski definition) is 4. The van der Waals surface area contributed by atoms with Crippen molar-refractivity contribution in [3.63, 3.8) is 0 Å². The van der Waals surface area contributed by atoms with Gasteiger partial charge in [0.25, 0.3) is 0 Å². The highest BCUT2D eigenvalue weighted by Gasteiger charge is 2.31. The van der Waals surface area contributed by atoms with Crippen LogP contribution in [0.15, 0.2) is 29.6 Å². The van der Waals surface area contributed by atoms with E-state index in [-0.39, 0.29) is 5.75 Å². The number of fused-ring (bicyclic) bond motifs is 1. The van der Waals surface area contributed by atoms with Crippen LogP contribution in [0.4, 0.5) is 13.2 Å². The van der Waals surface area contributed by atoms with Crippen LogP contribution >= 0.6 is 11.3 Å². The van der Waals surface area contributed by atoms with Gasteiger partial charge in [-0.2, -0.15) is 13.2 Å². The van der Waals surface area contributed by atoms with E-state index in [1.165, 1.54) is 23.8 Å². The number of benzene rings is 1. The predicted octanol–water partition coefficient (Wildman–Crippen LogP) is 5.95. The zero-order valence-electron chi connectivity index (χ0n) is 20.3. The van der Waals surface area contributed by atoms with E-state index >= 15 is 0 Å². The summed E-state index contributed by atoms with van der Waals surface area (Å²) in [6.45, 7) is 11.3. The van der Waals surface area contributed by atoms with Crippen LogP contribution in [0.1, 0.15) is 77.8 Å². The molecule has 1 unspecified atom stereocenters. The van der Waals surface area contributed by atoms with Crippen molar-refractivity contribution in [3.05, 3.63) is 50.5 Å². The fourth-order valence-corrected chi connectivity index (χ4v) is 5.03. The molecule has 0 fully saturated rings. The van der Waals surface area contributed by atoms with Crippen molar-refractivity contribution in [1.29, 1.82) is 0 Å². The summed E-state index contributed by atoms with van der Waals surface area (Å²) in [5.74, 6) is 0.223. The predicted molar refractivity (Wildman–Crippen MR) is 132 cm³/mol. The summed E-state index contributed by atoms with van der Waals surface area (Å²) < 4.78 is 40.0. The van der Waals surface area contributed by atoms with E-state index in [4.69, 9.17) is 0 Å². The van der Waals surface area contributed by atoms with Crippen LogP contribution in [-0.2, 0) is 6.18 Å². The monoisotopic (exact) mass is 482 g/mol. The summed E-state index contributed by atoms with van der Waals surface area (Å²) in [4.78, 5) is 0. The Labute approximate surface area is 199 Å². The standard InChI is InChI=1S/C24H31F3N2OS.C2H6/c1-4-5-6-17(13-15(2)3)29-20-9-11-28-22(23-18(20)10-12-31-23)19-8-7-16(14-21(19)30)24(25,26)27;1-2/h7-8,10,12,14-15,17,28-30H,4-6,9,11,13H2,1-3H3;1-2H3. The number of nitrogens with one attached hydrogen (secondary N) is 2. The Morgan fingerprint density at radius 1 is 1.18 bits per heavy atom. The molecule has 0 amide bonds. The lowest BCUT2D eigenvalue weighted by atomic mass is 9.98. The van der Waals surface area contributed by atoms with E-state index in [9.17, 15) is 18.3 Å². The number of unbranched alkanes of at least 4 members (excludes halogenated alkanes) is 1. The molecule has 1 aliphatic heterocycles. The Morgan fingerprint density at radius 3 is 2.52 bits per heavy atom. The Kier molecular flexibility index (Phi) is 10.1. The lowest BCUT2D eigenvalue weighted by Gasteiger charge is -2.23. The largest absolute Gasteiger partial charge is 0.507 e. The van der Waals surface area contributed by atoms with Crippen molar-refractivity contribution in [2.75, 3.05) is 6.54 Å². The van der Waals surface area contributed by atoms with Gasteiger partial charge in [-0.15, -0.1) is 11.3 Å². The topological polar surface area (TPSA) is 44.3 Å². The van der Waals surface area contributed by atoms with Gasteiger partial charge in [0.1, 0.15) is 5.75 Å². The molecule has 1 aromatic carbocycles. The first-order valence-electron chi connectivity index (χ1n) is 11.9. The Balaban J connectivity index is 0.00000187. The second-order valence-electron chi connectivity index (χ2n) is 8.54. The third-order valence-corrected chi connectivity index (χ3v) is 6.46. The highest BCUT2D eigenvalue weighted by Crippen LogP contribution is 2.34. The van der Waals surface area contributed by atoms with Gasteiger partial charge < -0.3 is 15.7 Å². The minimum Gasteiger partial charge on any atom is -0.507 e. The molecule has 2 heterocycles. The Morgan fingerprint density at radius 2 is 1.91 bits per heavy atom. The van der Waals surface area contributed by atoms with Crippen LogP contribution in [-0.4, -0.2) is 17.7 Å². The third-order valence-electron chi connectivity index (χ3n) is 5.53. The minimum absolute atomic E-state index is 0.367. The van der Waals surface area contributed by atoms with Crippen molar-refractivity contribution in [1.82, 2.24) is 10.6 Å². The van der Waals surface area contributed by atoms with Crippen LogP contribution in [0.25, 0.3) is 11.4 Å². The van der Waals surface area contributed by atoms with E-state index in [1.807, 2.05) is 19.2 Å². The van der Waals surface area contributed by atoms with Gasteiger partial charge in [0.15, 0.2) is 0 Å². The van der Waals surface area contributed by atoms with Crippen molar-refractivity contribution in [2.24, 2.45) is 5.92 Å². The Bertz CT molecular complexity index is 1010. The second-order valence-corrected chi connectivity index (χ2v) is 9.45. The van der Waals surface area contributed by atoms with Gasteiger partial charge in [-0.25, -0.2) is 0 Å². The molecule has 0 aliphatic carbocycles. The maximum Gasteiger partial charge on any atom is 0.416 e. The molecule has 0 bridgehead atoms. The number of rotatable bonds is 8. The molecule has 3 N–H and O–H groups in total. The van der Waals surface area contributed by atoms with Crippen molar-refractivity contribution >= 4 is 22.7 Å². The molecule has 3 nitrogen and oxygen atoms in total. The van der Waals surface area contributed by atoms with Crippen LogP contribution in [0.3, 0.4) is 0 Å². The van der Waals surface area contributed by atoms with Crippen molar-refractivity contribution in [2.45, 2.75) is 78.9 Å². The molecule has 184 valence electrons. The highest BCUT2D eigenvalue weighted by atomic mass is 32.1. The molecule has 3 rings (SSSR count). The van der Waals surface area contributed by atoms with Gasteiger partial charge in [0.2, 0.25) is 0 Å². The summed E-state index contributed by atoms with van der Waals surface area (Å²) >= 11 is 1.53. The van der Waals surface area contributed by atoms with Gasteiger partial charge >= 0.3 is 6.18 Å². The third kappa shape index (κ3) is 7.16. The van der Waals surface area contributed by atoms with Crippen LogP contribution < -0.4 is 20.4 Å². The Hall–Kier alpha value is -2.15. The first-order chi connectivity index (χ1) is 15.7. The number of halogens is 3. The fraction of sp³-hybridized carbons (Fsp3) is 0.538. The molecule has 0 saturated heterocycles. The first-order valence-corrected chi connectivity index (χ1v) is 12.8. The summed E-state index contributed by atoms with van der Waals surface area (Å²) in [6, 6.07) is 5.63. The van der Waals surface area contributed by atoms with E-state index in [1.54, 1.807) is 0 Å². The molecule has 1 atom stereocenters. The lowest BCUT2D eigenvalue weighted by Crippen LogP contribution is -2.35.